The van der Waals surface area contributed by atoms with Crippen LogP contribution in [0.4, 0.5) is 5.13 Å². The molecule has 1 N–H and O–H groups in total. The molecule has 2 aromatic heterocycles. The lowest BCUT2D eigenvalue weighted by molar-refractivity contribution is 0.0928. The molecule has 8 heteroatoms. The number of ether oxygens (including phenoxy) is 1. The summed E-state index contributed by atoms with van der Waals surface area (Å²) in [5.74, 6) is 0.649. The van der Waals surface area contributed by atoms with Crippen LogP contribution in [0.15, 0.2) is 36.8 Å². The Hall–Kier alpha value is -2.74. The Bertz CT molecular complexity index is 914. The molecule has 1 aliphatic rings. The van der Waals surface area contributed by atoms with Gasteiger partial charge in [-0.15, -0.1) is 0 Å². The zero-order valence-corrected chi connectivity index (χ0v) is 15.2. The number of amides is 1. The van der Waals surface area contributed by atoms with E-state index in [1.165, 1.54) is 6.33 Å². The SMILES string of the molecule is COc1ccc2sc(N3CCCC(NC(=O)c4ccncn4)C3)nc2c1. The summed E-state index contributed by atoms with van der Waals surface area (Å²) in [7, 11) is 1.66. The van der Waals surface area contributed by atoms with Crippen molar-refractivity contribution in [1.82, 2.24) is 20.3 Å². The van der Waals surface area contributed by atoms with Crippen molar-refractivity contribution < 1.29 is 9.53 Å². The van der Waals surface area contributed by atoms with Crippen LogP contribution >= 0.6 is 11.3 Å². The van der Waals surface area contributed by atoms with Crippen molar-refractivity contribution in [2.75, 3.05) is 25.1 Å². The smallest absolute Gasteiger partial charge is 0.270 e. The average molecular weight is 369 g/mol. The van der Waals surface area contributed by atoms with Crippen molar-refractivity contribution >= 4 is 32.6 Å². The van der Waals surface area contributed by atoms with Gasteiger partial charge in [0.2, 0.25) is 0 Å². The number of carbonyl (C=O) groups excluding carboxylic acids is 1. The Kier molecular flexibility index (Phi) is 4.66. The molecule has 1 saturated heterocycles. The molecule has 0 radical (unpaired) electrons. The Labute approximate surface area is 155 Å². The molecule has 1 amide bonds. The minimum atomic E-state index is -0.159. The Balaban J connectivity index is 1.47. The maximum absolute atomic E-state index is 12.3. The number of hydrogen-bond donors (Lipinski definition) is 1. The lowest BCUT2D eigenvalue weighted by Crippen LogP contribution is -2.48. The molecular formula is C18H19N5O2S. The molecule has 1 fully saturated rings. The molecule has 1 aromatic carbocycles. The molecule has 26 heavy (non-hydrogen) atoms. The number of fused-ring (bicyclic) bond motifs is 1. The number of thiazole rings is 1. The third-order valence-electron chi connectivity index (χ3n) is 4.43. The molecular weight excluding hydrogens is 350 g/mol. The van der Waals surface area contributed by atoms with Gasteiger partial charge in [-0.05, 0) is 31.0 Å². The second-order valence-electron chi connectivity index (χ2n) is 6.18. The summed E-state index contributed by atoms with van der Waals surface area (Å²) in [5, 5.41) is 4.05. The molecule has 134 valence electrons. The number of nitrogens with one attached hydrogen (secondary N) is 1. The fourth-order valence-corrected chi connectivity index (χ4v) is 4.09. The molecule has 4 rings (SSSR count). The van der Waals surface area contributed by atoms with Crippen molar-refractivity contribution in [3.8, 4) is 5.75 Å². The van der Waals surface area contributed by atoms with E-state index < -0.39 is 0 Å². The summed E-state index contributed by atoms with van der Waals surface area (Å²) in [6, 6.07) is 7.64. The van der Waals surface area contributed by atoms with E-state index in [0.29, 0.717) is 5.69 Å². The third-order valence-corrected chi connectivity index (χ3v) is 5.52. The highest BCUT2D eigenvalue weighted by molar-refractivity contribution is 7.22. The van der Waals surface area contributed by atoms with Gasteiger partial charge in [0.1, 0.15) is 17.8 Å². The van der Waals surface area contributed by atoms with Crippen LogP contribution < -0.4 is 15.0 Å². The maximum Gasteiger partial charge on any atom is 0.270 e. The normalized spacial score (nSPS) is 17.3. The zero-order chi connectivity index (χ0) is 17.9. The molecule has 7 nitrogen and oxygen atoms in total. The van der Waals surface area contributed by atoms with Crippen LogP contribution in [0, 0.1) is 0 Å². The van der Waals surface area contributed by atoms with Gasteiger partial charge in [-0.2, -0.15) is 0 Å². The Morgan fingerprint density at radius 3 is 3.12 bits per heavy atom. The molecule has 0 spiro atoms. The van der Waals surface area contributed by atoms with E-state index in [2.05, 4.69) is 20.2 Å². The standard InChI is InChI=1S/C18H19N5O2S/c1-25-13-4-5-16-15(9-13)22-18(26-16)23-8-2-3-12(10-23)21-17(24)14-6-7-19-11-20-14/h4-7,9,11-12H,2-3,8,10H2,1H3,(H,21,24). The number of benzene rings is 1. The molecule has 0 saturated carbocycles. The Morgan fingerprint density at radius 1 is 1.38 bits per heavy atom. The largest absolute Gasteiger partial charge is 0.497 e. The molecule has 3 aromatic rings. The number of hydrogen-bond acceptors (Lipinski definition) is 7. The number of rotatable bonds is 4. The number of aromatic nitrogens is 3. The van der Waals surface area contributed by atoms with E-state index in [1.54, 1.807) is 30.7 Å². The second kappa shape index (κ2) is 7.25. The minimum absolute atomic E-state index is 0.0766. The van der Waals surface area contributed by atoms with Crippen molar-refractivity contribution in [1.29, 1.82) is 0 Å². The number of carbonyl (C=O) groups is 1. The van der Waals surface area contributed by atoms with Crippen LogP contribution in [0.5, 0.6) is 5.75 Å². The number of piperidine rings is 1. The van der Waals surface area contributed by atoms with Gasteiger partial charge in [-0.1, -0.05) is 11.3 Å². The van der Waals surface area contributed by atoms with Gasteiger partial charge >= 0.3 is 0 Å². The summed E-state index contributed by atoms with van der Waals surface area (Å²) in [6.07, 6.45) is 4.92. The van der Waals surface area contributed by atoms with Crippen molar-refractivity contribution in [2.24, 2.45) is 0 Å². The number of nitrogens with zero attached hydrogens (tertiary/aromatic N) is 4. The first-order chi connectivity index (χ1) is 12.7. The molecule has 0 bridgehead atoms. The number of anilines is 1. The number of methoxy groups -OCH3 is 1. The topological polar surface area (TPSA) is 80.2 Å². The van der Waals surface area contributed by atoms with Crippen molar-refractivity contribution in [3.63, 3.8) is 0 Å². The predicted molar refractivity (Wildman–Crippen MR) is 101 cm³/mol. The lowest BCUT2D eigenvalue weighted by Gasteiger charge is -2.32. The monoisotopic (exact) mass is 369 g/mol. The van der Waals surface area contributed by atoms with Crippen LogP contribution in [0.25, 0.3) is 10.2 Å². The van der Waals surface area contributed by atoms with Crippen molar-refractivity contribution in [3.05, 3.63) is 42.5 Å². The third kappa shape index (κ3) is 3.45. The summed E-state index contributed by atoms with van der Waals surface area (Å²) in [6.45, 7) is 1.69. The average Bonchev–Trinajstić information content (AvgIpc) is 3.12. The summed E-state index contributed by atoms with van der Waals surface area (Å²) in [5.41, 5.74) is 1.33. The summed E-state index contributed by atoms with van der Waals surface area (Å²) >= 11 is 1.67. The summed E-state index contributed by atoms with van der Waals surface area (Å²) in [4.78, 5) is 27.2. The lowest BCUT2D eigenvalue weighted by atomic mass is 10.1. The van der Waals surface area contributed by atoms with Gasteiger partial charge < -0.3 is 15.0 Å². The highest BCUT2D eigenvalue weighted by Gasteiger charge is 2.24. The summed E-state index contributed by atoms with van der Waals surface area (Å²) < 4.78 is 6.41. The van der Waals surface area contributed by atoms with E-state index in [9.17, 15) is 4.79 Å². The second-order valence-corrected chi connectivity index (χ2v) is 7.19. The highest BCUT2D eigenvalue weighted by atomic mass is 32.1. The van der Waals surface area contributed by atoms with E-state index in [0.717, 1.165) is 47.0 Å². The van der Waals surface area contributed by atoms with Crippen LogP contribution in [-0.2, 0) is 0 Å². The van der Waals surface area contributed by atoms with Crippen LogP contribution in [0.3, 0.4) is 0 Å². The first kappa shape index (κ1) is 16.7. The zero-order valence-electron chi connectivity index (χ0n) is 14.4. The van der Waals surface area contributed by atoms with Gasteiger partial charge in [0, 0.05) is 31.4 Å². The quantitative estimate of drug-likeness (QED) is 0.761. The molecule has 1 aliphatic heterocycles. The van der Waals surface area contributed by atoms with E-state index in [1.807, 2.05) is 18.2 Å². The van der Waals surface area contributed by atoms with Crippen LogP contribution in [0.1, 0.15) is 23.3 Å². The minimum Gasteiger partial charge on any atom is -0.497 e. The van der Waals surface area contributed by atoms with Crippen LogP contribution in [0.2, 0.25) is 0 Å². The van der Waals surface area contributed by atoms with E-state index in [4.69, 9.17) is 9.72 Å². The highest BCUT2D eigenvalue weighted by Crippen LogP contribution is 2.32. The maximum atomic E-state index is 12.3. The van der Waals surface area contributed by atoms with Gasteiger partial charge in [0.15, 0.2) is 5.13 Å². The molecule has 1 atom stereocenters. The van der Waals surface area contributed by atoms with Crippen LogP contribution in [-0.4, -0.2) is 47.1 Å². The fraction of sp³-hybridized carbons (Fsp3) is 0.333. The Morgan fingerprint density at radius 2 is 2.31 bits per heavy atom. The predicted octanol–water partition coefficient (Wildman–Crippen LogP) is 2.49. The molecule has 0 aliphatic carbocycles. The van der Waals surface area contributed by atoms with Gasteiger partial charge in [0.05, 0.1) is 17.3 Å². The van der Waals surface area contributed by atoms with Crippen molar-refractivity contribution in [2.45, 2.75) is 18.9 Å². The first-order valence-electron chi connectivity index (χ1n) is 8.49. The van der Waals surface area contributed by atoms with Gasteiger partial charge in [0.25, 0.3) is 5.91 Å². The van der Waals surface area contributed by atoms with Gasteiger partial charge in [-0.3, -0.25) is 4.79 Å². The van der Waals surface area contributed by atoms with Gasteiger partial charge in [-0.25, -0.2) is 15.0 Å². The molecule has 3 heterocycles. The fourth-order valence-electron chi connectivity index (χ4n) is 3.11. The van der Waals surface area contributed by atoms with E-state index in [-0.39, 0.29) is 11.9 Å². The van der Waals surface area contributed by atoms with E-state index >= 15 is 0 Å². The first-order valence-corrected chi connectivity index (χ1v) is 9.31. The molecule has 1 unspecified atom stereocenters.